The maximum Gasteiger partial charge on any atom is 0.223 e. The number of halogens is 1. The molecule has 0 amide bonds. The Balaban J connectivity index is 1.86. The number of hydrogen-bond acceptors (Lipinski definition) is 5. The number of pyridine rings is 1. The van der Waals surface area contributed by atoms with Crippen molar-refractivity contribution < 1.29 is 4.39 Å². The van der Waals surface area contributed by atoms with Gasteiger partial charge in [0.05, 0.1) is 17.1 Å². The molecular weight excluding hydrogens is 403 g/mol. The van der Waals surface area contributed by atoms with Crippen LogP contribution in [0, 0.1) is 11.7 Å². The Morgan fingerprint density at radius 1 is 1.03 bits per heavy atom. The van der Waals surface area contributed by atoms with Gasteiger partial charge in [0.1, 0.15) is 11.5 Å². The van der Waals surface area contributed by atoms with Gasteiger partial charge in [0.15, 0.2) is 0 Å². The van der Waals surface area contributed by atoms with Gasteiger partial charge in [0.2, 0.25) is 5.95 Å². The minimum atomic E-state index is -0.275. The second-order valence-corrected chi connectivity index (χ2v) is 8.76. The molecule has 4 rings (SSSR count). The summed E-state index contributed by atoms with van der Waals surface area (Å²) in [6.07, 6.45) is 3.78. The second kappa shape index (κ2) is 9.04. The van der Waals surface area contributed by atoms with E-state index in [1.54, 1.807) is 18.3 Å². The van der Waals surface area contributed by atoms with Gasteiger partial charge < -0.3 is 10.2 Å². The van der Waals surface area contributed by atoms with Crippen molar-refractivity contribution in [3.63, 3.8) is 0 Å². The molecule has 32 heavy (non-hydrogen) atoms. The summed E-state index contributed by atoms with van der Waals surface area (Å²) in [4.78, 5) is 16.2. The van der Waals surface area contributed by atoms with Crippen LogP contribution >= 0.6 is 0 Å². The standard InChI is InChI=1S/C25H29FN6/c1-16(2)17(3)28-25-27-12-10-21(29-25)24-23(19-6-8-20(26)9-7-19)30-22-14-18(15-31(4)5)11-13-32(22)24/h6-14,16-17H,15H2,1-5H3,(H,27,28,29)/t17-/m0/s1. The van der Waals surface area contributed by atoms with Gasteiger partial charge in [0.25, 0.3) is 0 Å². The Labute approximate surface area is 188 Å². The van der Waals surface area contributed by atoms with Crippen LogP contribution in [0.5, 0.6) is 0 Å². The molecule has 6 nitrogen and oxygen atoms in total. The van der Waals surface area contributed by atoms with Crippen molar-refractivity contribution in [2.24, 2.45) is 5.92 Å². The number of anilines is 1. The number of fused-ring (bicyclic) bond motifs is 1. The highest BCUT2D eigenvalue weighted by Crippen LogP contribution is 2.32. The molecule has 0 saturated carbocycles. The third-order valence-electron chi connectivity index (χ3n) is 5.56. The zero-order valence-electron chi connectivity index (χ0n) is 19.2. The molecule has 0 aliphatic heterocycles. The van der Waals surface area contributed by atoms with Crippen LogP contribution in [0.15, 0.2) is 54.9 Å². The first-order chi connectivity index (χ1) is 15.3. The van der Waals surface area contributed by atoms with E-state index in [9.17, 15) is 4.39 Å². The maximum absolute atomic E-state index is 13.6. The van der Waals surface area contributed by atoms with Crippen molar-refractivity contribution in [2.45, 2.75) is 33.4 Å². The van der Waals surface area contributed by atoms with Gasteiger partial charge in [0, 0.05) is 30.5 Å². The molecule has 1 atom stereocenters. The summed E-state index contributed by atoms with van der Waals surface area (Å²) in [5, 5.41) is 3.38. The second-order valence-electron chi connectivity index (χ2n) is 8.76. The fourth-order valence-corrected chi connectivity index (χ4v) is 3.53. The molecule has 0 fully saturated rings. The molecule has 0 aliphatic carbocycles. The number of benzene rings is 1. The monoisotopic (exact) mass is 432 g/mol. The molecule has 7 heteroatoms. The molecule has 4 aromatic rings. The normalized spacial score (nSPS) is 12.6. The van der Waals surface area contributed by atoms with E-state index in [0.717, 1.165) is 34.8 Å². The lowest BCUT2D eigenvalue weighted by Gasteiger charge is -2.17. The lowest BCUT2D eigenvalue weighted by Crippen LogP contribution is -2.22. The van der Waals surface area contributed by atoms with Gasteiger partial charge in [-0.2, -0.15) is 0 Å². The van der Waals surface area contributed by atoms with Gasteiger partial charge in [-0.25, -0.2) is 19.3 Å². The molecule has 1 aromatic carbocycles. The van der Waals surface area contributed by atoms with E-state index in [2.05, 4.69) is 48.1 Å². The van der Waals surface area contributed by atoms with Gasteiger partial charge in [-0.3, -0.25) is 4.40 Å². The molecule has 0 radical (unpaired) electrons. The number of nitrogens with zero attached hydrogens (tertiary/aromatic N) is 5. The number of imidazole rings is 1. The number of hydrogen-bond donors (Lipinski definition) is 1. The van der Waals surface area contributed by atoms with Gasteiger partial charge in [-0.05, 0) is 75.0 Å². The third kappa shape index (κ3) is 4.62. The molecule has 1 N–H and O–H groups in total. The van der Waals surface area contributed by atoms with Crippen LogP contribution in [0.4, 0.5) is 10.3 Å². The fraction of sp³-hybridized carbons (Fsp3) is 0.320. The van der Waals surface area contributed by atoms with Crippen molar-refractivity contribution in [2.75, 3.05) is 19.4 Å². The minimum Gasteiger partial charge on any atom is -0.351 e. The van der Waals surface area contributed by atoms with Gasteiger partial charge in [-0.1, -0.05) is 13.8 Å². The summed E-state index contributed by atoms with van der Waals surface area (Å²) in [5.41, 5.74) is 5.19. The van der Waals surface area contributed by atoms with E-state index in [0.29, 0.717) is 11.9 Å². The Morgan fingerprint density at radius 2 is 1.78 bits per heavy atom. The lowest BCUT2D eigenvalue weighted by molar-refractivity contribution is 0.402. The quantitative estimate of drug-likeness (QED) is 0.439. The molecule has 166 valence electrons. The summed E-state index contributed by atoms with van der Waals surface area (Å²) in [6, 6.07) is 12.7. The highest BCUT2D eigenvalue weighted by molar-refractivity contribution is 5.80. The molecule has 3 aromatic heterocycles. The first kappa shape index (κ1) is 21.9. The molecular formula is C25H29FN6. The van der Waals surface area contributed by atoms with Crippen LogP contribution in [0.3, 0.4) is 0 Å². The van der Waals surface area contributed by atoms with E-state index < -0.39 is 0 Å². The largest absolute Gasteiger partial charge is 0.351 e. The zero-order valence-corrected chi connectivity index (χ0v) is 19.2. The number of rotatable bonds is 7. The van der Waals surface area contributed by atoms with Crippen molar-refractivity contribution in [3.8, 4) is 22.6 Å². The van der Waals surface area contributed by atoms with Crippen molar-refractivity contribution in [3.05, 3.63) is 66.2 Å². The van der Waals surface area contributed by atoms with Crippen LogP contribution in [0.2, 0.25) is 0 Å². The first-order valence-corrected chi connectivity index (χ1v) is 10.8. The Hall–Kier alpha value is -3.32. The zero-order chi connectivity index (χ0) is 22.8. The minimum absolute atomic E-state index is 0.234. The Morgan fingerprint density at radius 3 is 2.47 bits per heavy atom. The van der Waals surface area contributed by atoms with Gasteiger partial charge in [-0.15, -0.1) is 0 Å². The average Bonchev–Trinajstić information content (AvgIpc) is 3.12. The highest BCUT2D eigenvalue weighted by atomic mass is 19.1. The van der Waals surface area contributed by atoms with E-state index in [-0.39, 0.29) is 11.9 Å². The summed E-state index contributed by atoms with van der Waals surface area (Å²) >= 11 is 0. The Kier molecular flexibility index (Phi) is 6.19. The molecule has 0 aliphatic rings. The smallest absolute Gasteiger partial charge is 0.223 e. The van der Waals surface area contributed by atoms with Crippen LogP contribution in [0.1, 0.15) is 26.3 Å². The number of nitrogens with one attached hydrogen (secondary N) is 1. The highest BCUT2D eigenvalue weighted by Gasteiger charge is 2.19. The average molecular weight is 433 g/mol. The summed E-state index contributed by atoms with van der Waals surface area (Å²) in [5.74, 6) is 0.749. The summed E-state index contributed by atoms with van der Waals surface area (Å²) in [6.45, 7) is 7.25. The van der Waals surface area contributed by atoms with Crippen molar-refractivity contribution in [1.29, 1.82) is 0 Å². The summed E-state index contributed by atoms with van der Waals surface area (Å²) < 4.78 is 15.6. The van der Waals surface area contributed by atoms with E-state index in [4.69, 9.17) is 9.97 Å². The van der Waals surface area contributed by atoms with E-state index >= 15 is 0 Å². The van der Waals surface area contributed by atoms with Crippen LogP contribution in [-0.4, -0.2) is 44.4 Å². The van der Waals surface area contributed by atoms with E-state index in [1.165, 1.54) is 17.7 Å². The number of aromatic nitrogens is 4. The predicted molar refractivity (Wildman–Crippen MR) is 127 cm³/mol. The molecule has 0 unspecified atom stereocenters. The van der Waals surface area contributed by atoms with Gasteiger partial charge >= 0.3 is 0 Å². The summed E-state index contributed by atoms with van der Waals surface area (Å²) in [7, 11) is 4.08. The van der Waals surface area contributed by atoms with E-state index in [1.807, 2.05) is 30.8 Å². The first-order valence-electron chi connectivity index (χ1n) is 10.8. The van der Waals surface area contributed by atoms with Crippen molar-refractivity contribution >= 4 is 11.6 Å². The predicted octanol–water partition coefficient (Wildman–Crippen LogP) is 5.12. The third-order valence-corrected chi connectivity index (χ3v) is 5.56. The molecule has 0 bridgehead atoms. The molecule has 3 heterocycles. The van der Waals surface area contributed by atoms with Crippen LogP contribution < -0.4 is 5.32 Å². The van der Waals surface area contributed by atoms with Crippen LogP contribution in [0.25, 0.3) is 28.3 Å². The SMILES string of the molecule is CC(C)[C@H](C)Nc1nccc(-c2c(-c3ccc(F)cc3)nc3cc(CN(C)C)ccn23)n1. The maximum atomic E-state index is 13.6. The molecule has 0 saturated heterocycles. The fourth-order valence-electron chi connectivity index (χ4n) is 3.53. The Bertz CT molecular complexity index is 1210. The molecule has 0 spiro atoms. The topological polar surface area (TPSA) is 58.4 Å². The lowest BCUT2D eigenvalue weighted by atomic mass is 10.1. The van der Waals surface area contributed by atoms with Crippen LogP contribution in [-0.2, 0) is 6.54 Å². The van der Waals surface area contributed by atoms with Crippen molar-refractivity contribution in [1.82, 2.24) is 24.3 Å².